The van der Waals surface area contributed by atoms with E-state index in [0.717, 1.165) is 0 Å². The van der Waals surface area contributed by atoms with Crippen molar-refractivity contribution in [2.75, 3.05) is 0 Å². The third-order valence-corrected chi connectivity index (χ3v) is 4.43. The van der Waals surface area contributed by atoms with Crippen molar-refractivity contribution in [3.63, 3.8) is 0 Å². The zero-order chi connectivity index (χ0) is 14.9. The Balaban J connectivity index is 2.47. The second-order valence-electron chi connectivity index (χ2n) is 4.99. The predicted molar refractivity (Wildman–Crippen MR) is 70.3 cm³/mol. The summed E-state index contributed by atoms with van der Waals surface area (Å²) >= 11 is -0.716. The molecule has 3 N–H and O–H groups in total. The SMILES string of the molecule is CC1OC(n2cc(C#C[I-]N)c(=O)[nH]c2=O)C(C)C1C. The molecule has 6 nitrogen and oxygen atoms in total. The molecule has 0 aliphatic carbocycles. The summed E-state index contributed by atoms with van der Waals surface area (Å²) in [6, 6.07) is 0. The van der Waals surface area contributed by atoms with Crippen molar-refractivity contribution in [2.45, 2.75) is 33.1 Å². The molecule has 1 aliphatic rings. The molecule has 110 valence electrons. The fourth-order valence-electron chi connectivity index (χ4n) is 2.32. The summed E-state index contributed by atoms with van der Waals surface area (Å²) in [4.78, 5) is 25.9. The van der Waals surface area contributed by atoms with E-state index in [1.807, 2.05) is 13.8 Å². The van der Waals surface area contributed by atoms with Gasteiger partial charge < -0.3 is 0 Å². The number of hydrogen-bond donors (Lipinski definition) is 2. The molecule has 4 unspecified atom stereocenters. The maximum atomic E-state index is 12.0. The van der Waals surface area contributed by atoms with Gasteiger partial charge in [0.1, 0.15) is 0 Å². The number of hydrogen-bond acceptors (Lipinski definition) is 4. The van der Waals surface area contributed by atoms with Crippen LogP contribution >= 0.6 is 0 Å². The first-order valence-corrected chi connectivity index (χ1v) is 8.62. The van der Waals surface area contributed by atoms with Crippen LogP contribution in [0.2, 0.25) is 0 Å². The standard InChI is InChI=1S/C13H17IN3O3/c1-7-8(2)12(20-9(7)3)17-6-10(4-5-14-15)11(18)16-13(17)19/h6-9,12H,15H2,1-3H3,(H,16,18,19)/q-1. The molecule has 4 atom stereocenters. The van der Waals surface area contributed by atoms with E-state index in [9.17, 15) is 9.59 Å². The average Bonchev–Trinajstić information content (AvgIpc) is 2.66. The molecule has 7 heteroatoms. The second kappa shape index (κ2) is 6.11. The Morgan fingerprint density at radius 3 is 2.60 bits per heavy atom. The molecular formula is C13H17IN3O3-. The van der Waals surface area contributed by atoms with Crippen molar-refractivity contribution in [1.29, 1.82) is 0 Å². The number of aromatic nitrogens is 2. The number of aromatic amines is 1. The molecule has 1 saturated heterocycles. The van der Waals surface area contributed by atoms with E-state index in [2.05, 4.69) is 21.8 Å². The topological polar surface area (TPSA) is 90.1 Å². The minimum atomic E-state index is -0.716. The van der Waals surface area contributed by atoms with Crippen LogP contribution in [-0.4, -0.2) is 15.7 Å². The van der Waals surface area contributed by atoms with Crippen molar-refractivity contribution in [3.05, 3.63) is 32.6 Å². The van der Waals surface area contributed by atoms with Gasteiger partial charge in [-0.3, -0.25) is 0 Å². The van der Waals surface area contributed by atoms with Gasteiger partial charge in [-0.15, -0.1) is 0 Å². The van der Waals surface area contributed by atoms with E-state index in [1.165, 1.54) is 10.8 Å². The quantitative estimate of drug-likeness (QED) is 0.304. The van der Waals surface area contributed by atoms with Gasteiger partial charge >= 0.3 is 127 Å². The van der Waals surface area contributed by atoms with E-state index in [4.69, 9.17) is 8.68 Å². The van der Waals surface area contributed by atoms with Crippen LogP contribution < -0.4 is 36.7 Å². The summed E-state index contributed by atoms with van der Waals surface area (Å²) in [5.41, 5.74) is -0.707. The molecule has 0 amide bonds. The van der Waals surface area contributed by atoms with Crippen LogP contribution in [0.25, 0.3) is 0 Å². The molecule has 1 aromatic heterocycles. The molecule has 2 rings (SSSR count). The van der Waals surface area contributed by atoms with E-state index >= 15 is 0 Å². The van der Waals surface area contributed by atoms with Crippen molar-refractivity contribution in [2.24, 2.45) is 15.8 Å². The van der Waals surface area contributed by atoms with Crippen LogP contribution in [-0.2, 0) is 4.74 Å². The summed E-state index contributed by atoms with van der Waals surface area (Å²) in [7, 11) is 0. The van der Waals surface area contributed by atoms with Gasteiger partial charge in [0.05, 0.1) is 0 Å². The summed E-state index contributed by atoms with van der Waals surface area (Å²) in [5, 5.41) is 0. The molecule has 1 aromatic rings. The predicted octanol–water partition coefficient (Wildman–Crippen LogP) is -3.00. The van der Waals surface area contributed by atoms with Crippen LogP contribution in [0.5, 0.6) is 0 Å². The van der Waals surface area contributed by atoms with Crippen molar-refractivity contribution < 1.29 is 26.2 Å². The average molecular weight is 390 g/mol. The molecule has 0 saturated carbocycles. The molecule has 1 aliphatic heterocycles. The Kier molecular flexibility index (Phi) is 4.67. The molecular weight excluding hydrogens is 373 g/mol. The molecule has 20 heavy (non-hydrogen) atoms. The van der Waals surface area contributed by atoms with Gasteiger partial charge in [0.15, 0.2) is 0 Å². The zero-order valence-corrected chi connectivity index (χ0v) is 13.7. The molecule has 1 fully saturated rings. The summed E-state index contributed by atoms with van der Waals surface area (Å²) in [6.07, 6.45) is 1.16. The van der Waals surface area contributed by atoms with Crippen LogP contribution in [0.4, 0.5) is 0 Å². The Morgan fingerprint density at radius 1 is 1.35 bits per heavy atom. The Labute approximate surface area is 127 Å². The summed E-state index contributed by atoms with van der Waals surface area (Å²) in [5.74, 6) is 3.22. The van der Waals surface area contributed by atoms with Gasteiger partial charge in [0, 0.05) is 0 Å². The molecule has 0 radical (unpaired) electrons. The number of nitrogens with zero attached hydrogens (tertiary/aromatic N) is 1. The Morgan fingerprint density at radius 2 is 2.05 bits per heavy atom. The van der Waals surface area contributed by atoms with E-state index in [0.29, 0.717) is 5.92 Å². The first-order chi connectivity index (χ1) is 9.45. The van der Waals surface area contributed by atoms with E-state index < -0.39 is 32.7 Å². The van der Waals surface area contributed by atoms with Crippen molar-refractivity contribution >= 4 is 0 Å². The van der Waals surface area contributed by atoms with Crippen LogP contribution in [0.1, 0.15) is 32.6 Å². The molecule has 0 spiro atoms. The number of ether oxygens (including phenoxy) is 1. The van der Waals surface area contributed by atoms with Crippen LogP contribution in [0, 0.1) is 21.7 Å². The monoisotopic (exact) mass is 390 g/mol. The summed E-state index contributed by atoms with van der Waals surface area (Å²) < 4.78 is 15.4. The van der Waals surface area contributed by atoms with E-state index in [-0.39, 0.29) is 23.8 Å². The third-order valence-electron chi connectivity index (χ3n) is 3.85. The van der Waals surface area contributed by atoms with Crippen LogP contribution in [0.15, 0.2) is 15.8 Å². The van der Waals surface area contributed by atoms with Gasteiger partial charge in [-0.05, 0) is 0 Å². The number of nitrogens with one attached hydrogen (secondary N) is 1. The first kappa shape index (κ1) is 15.3. The van der Waals surface area contributed by atoms with Gasteiger partial charge in [0.25, 0.3) is 0 Å². The molecule has 0 bridgehead atoms. The van der Waals surface area contributed by atoms with Gasteiger partial charge in [-0.1, -0.05) is 0 Å². The fraction of sp³-hybridized carbons (Fsp3) is 0.538. The Bertz CT molecular complexity index is 670. The number of halogens is 1. The normalized spacial score (nSPS) is 29.2. The molecule has 0 aromatic carbocycles. The number of nitrogens with two attached hydrogens (primary N) is 1. The Hall–Kier alpha value is -1.11. The second-order valence-corrected chi connectivity index (χ2v) is 6.15. The van der Waals surface area contributed by atoms with Crippen molar-refractivity contribution in [3.8, 4) is 9.85 Å². The third kappa shape index (κ3) is 2.82. The fourth-order valence-corrected chi connectivity index (χ4v) is 2.76. The maximum absolute atomic E-state index is 12.0. The van der Waals surface area contributed by atoms with Crippen LogP contribution in [0.3, 0.4) is 0 Å². The van der Waals surface area contributed by atoms with Crippen molar-refractivity contribution in [1.82, 2.24) is 9.55 Å². The summed E-state index contributed by atoms with van der Waals surface area (Å²) in [6.45, 7) is 6.11. The minimum absolute atomic E-state index is 0.0678. The van der Waals surface area contributed by atoms with Gasteiger partial charge in [0.2, 0.25) is 0 Å². The first-order valence-electron chi connectivity index (χ1n) is 6.30. The number of rotatable bonds is 1. The number of H-pyrrole nitrogens is 1. The zero-order valence-electron chi connectivity index (χ0n) is 11.5. The van der Waals surface area contributed by atoms with Gasteiger partial charge in [-0.2, -0.15) is 0 Å². The molecule has 2 heterocycles. The van der Waals surface area contributed by atoms with Gasteiger partial charge in [-0.25, -0.2) is 0 Å². The van der Waals surface area contributed by atoms with E-state index in [1.54, 1.807) is 0 Å².